The molecule has 0 fully saturated rings. The van der Waals surface area contributed by atoms with Crippen molar-refractivity contribution in [3.63, 3.8) is 0 Å². The van der Waals surface area contributed by atoms with E-state index in [9.17, 15) is 19.1 Å². The van der Waals surface area contributed by atoms with E-state index in [4.69, 9.17) is 9.84 Å². The molecular formula is C19H16FNO6. The Kier molecular flexibility index (Phi) is 4.81. The number of carbonyl (C=O) groups excluding carboxylic acids is 1. The Morgan fingerprint density at radius 2 is 2.00 bits per heavy atom. The van der Waals surface area contributed by atoms with Crippen molar-refractivity contribution in [1.29, 1.82) is 0 Å². The zero-order valence-electron chi connectivity index (χ0n) is 14.5. The highest BCUT2D eigenvalue weighted by molar-refractivity contribution is 6.15. The van der Waals surface area contributed by atoms with Crippen LogP contribution in [0.3, 0.4) is 0 Å². The number of nitrogens with zero attached hydrogens (tertiary/aromatic N) is 1. The van der Waals surface area contributed by atoms with E-state index in [0.717, 1.165) is 6.92 Å². The standard InChI is InChI=1S/C19H16FNO6/c1-9-17(23)13(7-11-8-15(19(24)25)26-18(9)11)16(21-27-10(2)22)12-5-3-4-6-14(12)20/h3-7,15,23H,8H2,1-2H3,(H,24,25)/b21-16-. The quantitative estimate of drug-likeness (QED) is 0.485. The number of ether oxygens (including phenoxy) is 1. The van der Waals surface area contributed by atoms with E-state index < -0.39 is 23.9 Å². The summed E-state index contributed by atoms with van der Waals surface area (Å²) in [5.41, 5.74) is 0.845. The lowest BCUT2D eigenvalue weighted by Gasteiger charge is -2.14. The fourth-order valence-electron chi connectivity index (χ4n) is 2.88. The molecule has 0 saturated heterocycles. The predicted molar refractivity (Wildman–Crippen MR) is 92.4 cm³/mol. The maximum absolute atomic E-state index is 14.3. The van der Waals surface area contributed by atoms with Gasteiger partial charge < -0.3 is 19.8 Å². The van der Waals surface area contributed by atoms with Crippen molar-refractivity contribution in [2.24, 2.45) is 5.16 Å². The third-order valence-electron chi connectivity index (χ3n) is 4.15. The van der Waals surface area contributed by atoms with E-state index in [1.807, 2.05) is 0 Å². The SMILES string of the molecule is CC(=O)O/N=C(/c1ccccc1F)c1cc2c(c(C)c1O)OC(C(=O)O)C2. The lowest BCUT2D eigenvalue weighted by Crippen LogP contribution is -2.24. The highest BCUT2D eigenvalue weighted by atomic mass is 19.1. The van der Waals surface area contributed by atoms with Crippen LogP contribution in [0.25, 0.3) is 0 Å². The highest BCUT2D eigenvalue weighted by Crippen LogP contribution is 2.40. The van der Waals surface area contributed by atoms with Gasteiger partial charge in [0.15, 0.2) is 6.10 Å². The number of hydrogen-bond donors (Lipinski definition) is 2. The summed E-state index contributed by atoms with van der Waals surface area (Å²) in [6.45, 7) is 2.69. The van der Waals surface area contributed by atoms with Crippen LogP contribution >= 0.6 is 0 Å². The van der Waals surface area contributed by atoms with E-state index in [1.165, 1.54) is 24.3 Å². The van der Waals surface area contributed by atoms with Gasteiger partial charge in [0.1, 0.15) is 23.0 Å². The Bertz CT molecular complexity index is 969. The van der Waals surface area contributed by atoms with Gasteiger partial charge in [0, 0.05) is 30.0 Å². The van der Waals surface area contributed by atoms with Crippen molar-refractivity contribution in [3.8, 4) is 11.5 Å². The molecule has 140 valence electrons. The topological polar surface area (TPSA) is 105 Å². The fraction of sp³-hybridized carbons (Fsp3) is 0.211. The molecule has 0 amide bonds. The van der Waals surface area contributed by atoms with Gasteiger partial charge in [-0.2, -0.15) is 0 Å². The zero-order chi connectivity index (χ0) is 19.7. The van der Waals surface area contributed by atoms with Gasteiger partial charge in [0.05, 0.1) is 0 Å². The van der Waals surface area contributed by atoms with E-state index >= 15 is 0 Å². The number of halogens is 1. The number of aromatic hydroxyl groups is 1. The van der Waals surface area contributed by atoms with Crippen molar-refractivity contribution in [2.45, 2.75) is 26.4 Å². The van der Waals surface area contributed by atoms with Crippen molar-refractivity contribution in [3.05, 3.63) is 58.4 Å². The van der Waals surface area contributed by atoms with Gasteiger partial charge >= 0.3 is 11.9 Å². The molecule has 1 atom stereocenters. The average Bonchev–Trinajstić information content (AvgIpc) is 3.05. The van der Waals surface area contributed by atoms with Gasteiger partial charge in [-0.15, -0.1) is 0 Å². The maximum Gasteiger partial charge on any atom is 0.345 e. The smallest absolute Gasteiger partial charge is 0.345 e. The lowest BCUT2D eigenvalue weighted by atomic mass is 9.95. The summed E-state index contributed by atoms with van der Waals surface area (Å²) in [5, 5.41) is 23.5. The number of carboxylic acid groups (broad SMARTS) is 1. The summed E-state index contributed by atoms with van der Waals surface area (Å²) in [4.78, 5) is 27.1. The number of phenols is 1. The predicted octanol–water partition coefficient (Wildman–Crippen LogP) is 2.54. The summed E-state index contributed by atoms with van der Waals surface area (Å²) in [6, 6.07) is 7.16. The van der Waals surface area contributed by atoms with Gasteiger partial charge in [-0.25, -0.2) is 14.0 Å². The molecular weight excluding hydrogens is 357 g/mol. The molecule has 7 nitrogen and oxygen atoms in total. The van der Waals surface area contributed by atoms with Crippen molar-refractivity contribution in [1.82, 2.24) is 0 Å². The summed E-state index contributed by atoms with van der Waals surface area (Å²) < 4.78 is 19.7. The molecule has 1 aliphatic heterocycles. The minimum absolute atomic E-state index is 0.0158. The number of carboxylic acids is 1. The zero-order valence-corrected chi connectivity index (χ0v) is 14.5. The van der Waals surface area contributed by atoms with Crippen LogP contribution in [-0.4, -0.2) is 34.0 Å². The second-order valence-electron chi connectivity index (χ2n) is 6.04. The van der Waals surface area contributed by atoms with Crippen LogP contribution in [0.2, 0.25) is 0 Å². The number of fused-ring (bicyclic) bond motifs is 1. The average molecular weight is 373 g/mol. The minimum atomic E-state index is -1.13. The number of phenolic OH excluding ortho intramolecular Hbond substituents is 1. The van der Waals surface area contributed by atoms with Crippen LogP contribution < -0.4 is 4.74 Å². The molecule has 2 aromatic rings. The summed E-state index contributed by atoms with van der Waals surface area (Å²) in [5.74, 6) is -2.47. The van der Waals surface area contributed by atoms with Crippen LogP contribution in [0.15, 0.2) is 35.5 Å². The minimum Gasteiger partial charge on any atom is -0.507 e. The third-order valence-corrected chi connectivity index (χ3v) is 4.15. The monoisotopic (exact) mass is 373 g/mol. The van der Waals surface area contributed by atoms with Crippen molar-refractivity contribution >= 4 is 17.7 Å². The normalized spacial score (nSPS) is 15.8. The molecule has 0 radical (unpaired) electrons. The Balaban J connectivity index is 2.17. The molecule has 0 spiro atoms. The molecule has 3 rings (SSSR count). The van der Waals surface area contributed by atoms with Gasteiger partial charge in [-0.05, 0) is 30.7 Å². The Hall–Kier alpha value is -3.42. The molecule has 8 heteroatoms. The Morgan fingerprint density at radius 3 is 2.63 bits per heavy atom. The number of benzene rings is 2. The first-order valence-electron chi connectivity index (χ1n) is 8.05. The number of carbonyl (C=O) groups is 2. The van der Waals surface area contributed by atoms with Crippen LogP contribution in [0.4, 0.5) is 4.39 Å². The molecule has 27 heavy (non-hydrogen) atoms. The number of hydrogen-bond acceptors (Lipinski definition) is 6. The summed E-state index contributed by atoms with van der Waals surface area (Å²) in [6.07, 6.45) is -0.993. The highest BCUT2D eigenvalue weighted by Gasteiger charge is 2.33. The van der Waals surface area contributed by atoms with Crippen molar-refractivity contribution in [2.75, 3.05) is 0 Å². The summed E-state index contributed by atoms with van der Waals surface area (Å²) >= 11 is 0. The first-order valence-corrected chi connectivity index (χ1v) is 8.05. The van der Waals surface area contributed by atoms with Gasteiger partial charge in [-0.3, -0.25) is 0 Å². The van der Waals surface area contributed by atoms with Gasteiger partial charge in [-0.1, -0.05) is 17.3 Å². The van der Waals surface area contributed by atoms with Gasteiger partial charge in [0.2, 0.25) is 0 Å². The molecule has 2 aromatic carbocycles. The number of aliphatic carboxylic acids is 1. The first kappa shape index (κ1) is 18.4. The first-order chi connectivity index (χ1) is 12.8. The molecule has 0 aliphatic carbocycles. The molecule has 1 aliphatic rings. The Morgan fingerprint density at radius 1 is 1.30 bits per heavy atom. The molecule has 1 heterocycles. The molecule has 0 bridgehead atoms. The second-order valence-corrected chi connectivity index (χ2v) is 6.04. The van der Waals surface area contributed by atoms with Crippen LogP contribution in [0, 0.1) is 12.7 Å². The van der Waals surface area contributed by atoms with Crippen LogP contribution in [0.5, 0.6) is 11.5 Å². The largest absolute Gasteiger partial charge is 0.507 e. The van der Waals surface area contributed by atoms with E-state index in [0.29, 0.717) is 5.56 Å². The molecule has 1 unspecified atom stereocenters. The molecule has 0 saturated carbocycles. The lowest BCUT2D eigenvalue weighted by molar-refractivity contribution is -0.144. The molecule has 2 N–H and O–H groups in total. The van der Waals surface area contributed by atoms with E-state index in [-0.39, 0.29) is 40.3 Å². The van der Waals surface area contributed by atoms with E-state index in [2.05, 4.69) is 9.99 Å². The van der Waals surface area contributed by atoms with Crippen LogP contribution in [0.1, 0.15) is 29.2 Å². The van der Waals surface area contributed by atoms with E-state index in [1.54, 1.807) is 13.0 Å². The fourth-order valence-corrected chi connectivity index (χ4v) is 2.88. The number of rotatable bonds is 4. The second kappa shape index (κ2) is 7.06. The van der Waals surface area contributed by atoms with Crippen molar-refractivity contribution < 1.29 is 33.8 Å². The molecule has 0 aromatic heterocycles. The van der Waals surface area contributed by atoms with Gasteiger partial charge in [0.25, 0.3) is 0 Å². The van der Waals surface area contributed by atoms with Crippen LogP contribution in [-0.2, 0) is 20.8 Å². The maximum atomic E-state index is 14.3. The summed E-state index contributed by atoms with van der Waals surface area (Å²) in [7, 11) is 0. The number of oxime groups is 1. The Labute approximate surface area is 153 Å². The third kappa shape index (κ3) is 3.46.